The molecule has 9 heteroatoms. The third kappa shape index (κ3) is 6.44. The second-order valence-electron chi connectivity index (χ2n) is 8.66. The van der Waals surface area contributed by atoms with Gasteiger partial charge in [0.2, 0.25) is 0 Å². The second kappa shape index (κ2) is 11.3. The lowest BCUT2D eigenvalue weighted by molar-refractivity contribution is 0.0830. The van der Waals surface area contributed by atoms with Crippen LogP contribution in [-0.4, -0.2) is 34.7 Å². The van der Waals surface area contributed by atoms with Crippen LogP contribution in [0.5, 0.6) is 0 Å². The number of amides is 1. The van der Waals surface area contributed by atoms with E-state index in [-0.39, 0.29) is 24.1 Å². The van der Waals surface area contributed by atoms with Crippen LogP contribution in [0.4, 0.5) is 8.78 Å². The van der Waals surface area contributed by atoms with Crippen molar-refractivity contribution in [2.24, 2.45) is 0 Å². The minimum atomic E-state index is -1.07. The summed E-state index contributed by atoms with van der Waals surface area (Å²) in [5, 5.41) is 16.9. The number of nitrogens with one attached hydrogen (secondary N) is 3. The van der Waals surface area contributed by atoms with Crippen molar-refractivity contribution in [2.45, 2.75) is 38.5 Å². The predicted molar refractivity (Wildman–Crippen MR) is 132 cm³/mol. The Balaban J connectivity index is 1.49. The number of fused-ring (bicyclic) bond motifs is 1. The van der Waals surface area contributed by atoms with E-state index in [0.29, 0.717) is 17.6 Å². The SMILES string of the molecule is CCc1cccc(CNCC(O)C(Cc2cc(F)cc(F)c2)NC(=O)c2ccc3[nH]c(=O)oc3c2)c1. The fourth-order valence-corrected chi connectivity index (χ4v) is 4.07. The summed E-state index contributed by atoms with van der Waals surface area (Å²) in [6.07, 6.45) is -0.161. The Morgan fingerprint density at radius 3 is 2.53 bits per heavy atom. The van der Waals surface area contributed by atoms with Gasteiger partial charge in [-0.1, -0.05) is 31.2 Å². The highest BCUT2D eigenvalue weighted by Gasteiger charge is 2.23. The van der Waals surface area contributed by atoms with E-state index >= 15 is 0 Å². The third-order valence-corrected chi connectivity index (χ3v) is 5.92. The van der Waals surface area contributed by atoms with Gasteiger partial charge >= 0.3 is 5.76 Å². The third-order valence-electron chi connectivity index (χ3n) is 5.92. The first-order chi connectivity index (χ1) is 17.3. The number of halogens is 2. The van der Waals surface area contributed by atoms with Gasteiger partial charge in [-0.2, -0.15) is 0 Å². The zero-order valence-corrected chi connectivity index (χ0v) is 19.7. The van der Waals surface area contributed by atoms with E-state index in [1.807, 2.05) is 18.2 Å². The summed E-state index contributed by atoms with van der Waals surface area (Å²) in [7, 11) is 0. The van der Waals surface area contributed by atoms with Crippen molar-refractivity contribution in [2.75, 3.05) is 6.54 Å². The average molecular weight is 496 g/mol. The molecule has 0 aliphatic heterocycles. The molecule has 188 valence electrons. The van der Waals surface area contributed by atoms with Gasteiger partial charge in [0.1, 0.15) is 11.6 Å². The van der Waals surface area contributed by atoms with Crippen molar-refractivity contribution in [3.8, 4) is 0 Å². The van der Waals surface area contributed by atoms with Gasteiger partial charge in [0.15, 0.2) is 5.58 Å². The van der Waals surface area contributed by atoms with Gasteiger partial charge in [-0.15, -0.1) is 0 Å². The number of aliphatic hydroxyl groups is 1. The first kappa shape index (κ1) is 25.3. The quantitative estimate of drug-likeness (QED) is 0.270. The minimum absolute atomic E-state index is 0.00390. The van der Waals surface area contributed by atoms with Crippen LogP contribution in [0.25, 0.3) is 11.1 Å². The van der Waals surface area contributed by atoms with Crippen LogP contribution >= 0.6 is 0 Å². The van der Waals surface area contributed by atoms with E-state index in [0.717, 1.165) is 18.1 Å². The second-order valence-corrected chi connectivity index (χ2v) is 8.66. The van der Waals surface area contributed by atoms with E-state index in [1.165, 1.54) is 35.9 Å². The molecule has 2 unspecified atom stereocenters. The molecule has 4 aromatic rings. The molecule has 2 atom stereocenters. The van der Waals surface area contributed by atoms with Gasteiger partial charge in [-0.05, 0) is 59.9 Å². The summed E-state index contributed by atoms with van der Waals surface area (Å²) in [5.41, 5.74) is 3.41. The summed E-state index contributed by atoms with van der Waals surface area (Å²) in [6, 6.07) is 14.7. The van der Waals surface area contributed by atoms with Crippen molar-refractivity contribution >= 4 is 17.0 Å². The number of rotatable bonds is 10. The maximum Gasteiger partial charge on any atom is 0.417 e. The fraction of sp³-hybridized carbons (Fsp3) is 0.259. The maximum absolute atomic E-state index is 13.8. The van der Waals surface area contributed by atoms with Gasteiger partial charge in [0.25, 0.3) is 5.91 Å². The number of aryl methyl sites for hydroxylation is 1. The molecular formula is C27H27F2N3O4. The van der Waals surface area contributed by atoms with Crippen molar-refractivity contribution in [3.05, 3.63) is 105 Å². The fourth-order valence-electron chi connectivity index (χ4n) is 4.07. The number of carbonyl (C=O) groups excluding carboxylic acids is 1. The Kier molecular flexibility index (Phi) is 7.92. The zero-order chi connectivity index (χ0) is 25.7. The number of aromatic amines is 1. The number of benzene rings is 3. The number of oxazole rings is 1. The number of hydrogen-bond acceptors (Lipinski definition) is 5. The molecule has 1 amide bonds. The molecule has 1 aromatic heterocycles. The van der Waals surface area contributed by atoms with Crippen LogP contribution in [-0.2, 0) is 19.4 Å². The molecule has 0 saturated heterocycles. The lowest BCUT2D eigenvalue weighted by Gasteiger charge is -2.25. The topological polar surface area (TPSA) is 107 Å². The lowest BCUT2D eigenvalue weighted by atomic mass is 10.00. The van der Waals surface area contributed by atoms with Gasteiger partial charge < -0.3 is 20.2 Å². The number of hydrogen-bond donors (Lipinski definition) is 4. The van der Waals surface area contributed by atoms with E-state index < -0.39 is 35.4 Å². The molecule has 0 bridgehead atoms. The standard InChI is InChI=1S/C27H27F2N3O4/c1-2-16-4-3-5-17(8-16)14-30-15-24(33)23(11-18-9-20(28)13-21(29)10-18)31-26(34)19-6-7-22-25(12-19)36-27(35)32-22/h3-10,12-13,23-24,30,33H,2,11,14-15H2,1H3,(H,31,34)(H,32,35). The highest BCUT2D eigenvalue weighted by atomic mass is 19.1. The summed E-state index contributed by atoms with van der Waals surface area (Å²) in [4.78, 5) is 26.9. The molecule has 4 N–H and O–H groups in total. The summed E-state index contributed by atoms with van der Waals surface area (Å²) in [6.45, 7) is 2.70. The molecule has 0 fully saturated rings. The smallest absolute Gasteiger partial charge is 0.408 e. The molecule has 1 heterocycles. The summed E-state index contributed by atoms with van der Waals surface area (Å²) >= 11 is 0. The number of carbonyl (C=O) groups is 1. The first-order valence-corrected chi connectivity index (χ1v) is 11.7. The highest BCUT2D eigenvalue weighted by molar-refractivity contribution is 5.97. The largest absolute Gasteiger partial charge is 0.417 e. The van der Waals surface area contributed by atoms with Crippen LogP contribution in [0.15, 0.2) is 69.9 Å². The normalized spacial score (nSPS) is 13.0. The molecule has 36 heavy (non-hydrogen) atoms. The van der Waals surface area contributed by atoms with Gasteiger partial charge in [0.05, 0.1) is 17.7 Å². The summed E-state index contributed by atoms with van der Waals surface area (Å²) in [5.74, 6) is -2.66. The van der Waals surface area contributed by atoms with Gasteiger partial charge in [0, 0.05) is 24.7 Å². The molecule has 0 radical (unpaired) electrons. The van der Waals surface area contributed by atoms with Crippen LogP contribution in [0.1, 0.15) is 34.0 Å². The Hall–Kier alpha value is -3.82. The molecule has 0 spiro atoms. The Labute approximate surface area is 206 Å². The van der Waals surface area contributed by atoms with Crippen LogP contribution in [0.3, 0.4) is 0 Å². The monoisotopic (exact) mass is 495 g/mol. The van der Waals surface area contributed by atoms with E-state index in [1.54, 1.807) is 0 Å². The molecule has 3 aromatic carbocycles. The maximum atomic E-state index is 13.8. The summed E-state index contributed by atoms with van der Waals surface area (Å²) < 4.78 is 32.5. The molecular weight excluding hydrogens is 468 g/mol. The van der Waals surface area contributed by atoms with Crippen molar-refractivity contribution < 1.29 is 23.1 Å². The van der Waals surface area contributed by atoms with Gasteiger partial charge in [-0.25, -0.2) is 13.6 Å². The average Bonchev–Trinajstić information content (AvgIpc) is 3.22. The molecule has 0 aliphatic rings. The number of aliphatic hydroxyl groups excluding tert-OH is 1. The zero-order valence-electron chi connectivity index (χ0n) is 19.7. The first-order valence-electron chi connectivity index (χ1n) is 11.7. The van der Waals surface area contributed by atoms with Gasteiger partial charge in [-0.3, -0.25) is 9.78 Å². The van der Waals surface area contributed by atoms with Crippen molar-refractivity contribution in [3.63, 3.8) is 0 Å². The molecule has 4 rings (SSSR count). The number of aromatic nitrogens is 1. The predicted octanol–water partition coefficient (Wildman–Crippen LogP) is 3.45. The van der Waals surface area contributed by atoms with Crippen LogP contribution in [0.2, 0.25) is 0 Å². The lowest BCUT2D eigenvalue weighted by Crippen LogP contribution is -2.48. The highest BCUT2D eigenvalue weighted by Crippen LogP contribution is 2.15. The Morgan fingerprint density at radius 2 is 1.78 bits per heavy atom. The molecule has 7 nitrogen and oxygen atoms in total. The Bertz CT molecular complexity index is 1400. The molecule has 0 saturated carbocycles. The minimum Gasteiger partial charge on any atom is -0.408 e. The number of H-pyrrole nitrogens is 1. The Morgan fingerprint density at radius 1 is 1.03 bits per heavy atom. The van der Waals surface area contributed by atoms with E-state index in [2.05, 4.69) is 28.6 Å². The van der Waals surface area contributed by atoms with Crippen LogP contribution in [0, 0.1) is 11.6 Å². The van der Waals surface area contributed by atoms with E-state index in [9.17, 15) is 23.5 Å². The van der Waals surface area contributed by atoms with Crippen LogP contribution < -0.4 is 16.4 Å². The molecule has 0 aliphatic carbocycles. The van der Waals surface area contributed by atoms with Crippen molar-refractivity contribution in [1.29, 1.82) is 0 Å². The van der Waals surface area contributed by atoms with E-state index in [4.69, 9.17) is 4.42 Å². The van der Waals surface area contributed by atoms with Crippen molar-refractivity contribution in [1.82, 2.24) is 15.6 Å².